The Hall–Kier alpha value is -1.78. The molecule has 0 bridgehead atoms. The first-order chi connectivity index (χ1) is 8.54. The standard InChI is InChI=1S/C13H21N5/c1-10(2)8-18-9-12(7-15-18)6-14-13-5-11(3)16-17(13)4/h5,7,9-10,14H,6,8H2,1-4H3. The van der Waals surface area contributed by atoms with Crippen LogP contribution in [0.1, 0.15) is 25.1 Å². The number of hydrogen-bond donors (Lipinski definition) is 1. The molecule has 0 unspecified atom stereocenters. The highest BCUT2D eigenvalue weighted by Gasteiger charge is 2.03. The van der Waals surface area contributed by atoms with Crippen LogP contribution in [0, 0.1) is 12.8 Å². The molecule has 0 fully saturated rings. The molecule has 2 aromatic rings. The summed E-state index contributed by atoms with van der Waals surface area (Å²) in [6.07, 6.45) is 4.01. The maximum Gasteiger partial charge on any atom is 0.124 e. The summed E-state index contributed by atoms with van der Waals surface area (Å²) in [6.45, 7) is 8.11. The van der Waals surface area contributed by atoms with E-state index >= 15 is 0 Å². The zero-order valence-electron chi connectivity index (χ0n) is 11.5. The molecule has 2 heterocycles. The molecule has 0 saturated heterocycles. The number of hydrogen-bond acceptors (Lipinski definition) is 3. The lowest BCUT2D eigenvalue weighted by molar-refractivity contribution is 0.483. The van der Waals surface area contributed by atoms with Crippen molar-refractivity contribution in [1.29, 1.82) is 0 Å². The summed E-state index contributed by atoms with van der Waals surface area (Å²) in [5.74, 6) is 1.65. The van der Waals surface area contributed by atoms with E-state index in [-0.39, 0.29) is 0 Å². The van der Waals surface area contributed by atoms with Gasteiger partial charge in [-0.1, -0.05) is 13.8 Å². The second kappa shape index (κ2) is 5.25. The fourth-order valence-corrected chi connectivity index (χ4v) is 1.94. The SMILES string of the molecule is Cc1cc(NCc2cnn(CC(C)C)c2)n(C)n1. The van der Waals surface area contributed by atoms with E-state index in [1.165, 1.54) is 5.56 Å². The van der Waals surface area contributed by atoms with Gasteiger partial charge in [-0.25, -0.2) is 0 Å². The van der Waals surface area contributed by atoms with Crippen LogP contribution in [0.15, 0.2) is 18.5 Å². The van der Waals surface area contributed by atoms with E-state index in [0.717, 1.165) is 24.6 Å². The van der Waals surface area contributed by atoms with Gasteiger partial charge in [0.05, 0.1) is 11.9 Å². The minimum Gasteiger partial charge on any atom is -0.366 e. The molecule has 2 rings (SSSR count). The van der Waals surface area contributed by atoms with Crippen LogP contribution in [0.4, 0.5) is 5.82 Å². The van der Waals surface area contributed by atoms with Crippen molar-refractivity contribution in [3.05, 3.63) is 29.7 Å². The van der Waals surface area contributed by atoms with E-state index in [9.17, 15) is 0 Å². The van der Waals surface area contributed by atoms with E-state index in [2.05, 4.69) is 35.6 Å². The molecule has 18 heavy (non-hydrogen) atoms. The van der Waals surface area contributed by atoms with Gasteiger partial charge in [0.2, 0.25) is 0 Å². The summed E-state index contributed by atoms with van der Waals surface area (Å²) >= 11 is 0. The van der Waals surface area contributed by atoms with Crippen molar-refractivity contribution in [3.8, 4) is 0 Å². The molecule has 0 aliphatic heterocycles. The molecule has 0 aromatic carbocycles. The molecule has 0 saturated carbocycles. The molecule has 98 valence electrons. The molecule has 5 nitrogen and oxygen atoms in total. The van der Waals surface area contributed by atoms with E-state index in [1.54, 1.807) is 0 Å². The van der Waals surface area contributed by atoms with Gasteiger partial charge in [-0.15, -0.1) is 0 Å². The number of aromatic nitrogens is 4. The van der Waals surface area contributed by atoms with Crippen molar-refractivity contribution in [3.63, 3.8) is 0 Å². The predicted octanol–water partition coefficient (Wildman–Crippen LogP) is 2.19. The van der Waals surface area contributed by atoms with E-state index in [0.29, 0.717) is 5.92 Å². The maximum absolute atomic E-state index is 4.35. The zero-order valence-corrected chi connectivity index (χ0v) is 11.5. The average molecular weight is 247 g/mol. The molecule has 0 spiro atoms. The van der Waals surface area contributed by atoms with E-state index in [1.807, 2.05) is 35.6 Å². The quantitative estimate of drug-likeness (QED) is 0.881. The van der Waals surface area contributed by atoms with Crippen molar-refractivity contribution in [2.45, 2.75) is 33.9 Å². The van der Waals surface area contributed by atoms with Gasteiger partial charge in [0, 0.05) is 38.0 Å². The molecular formula is C13H21N5. The number of nitrogens with one attached hydrogen (secondary N) is 1. The summed E-state index contributed by atoms with van der Waals surface area (Å²) in [5, 5.41) is 12.0. The largest absolute Gasteiger partial charge is 0.366 e. The lowest BCUT2D eigenvalue weighted by Gasteiger charge is -2.05. The first kappa shape index (κ1) is 12.7. The van der Waals surface area contributed by atoms with Crippen LogP contribution in [-0.2, 0) is 20.1 Å². The first-order valence-corrected chi connectivity index (χ1v) is 6.30. The van der Waals surface area contributed by atoms with Crippen LogP contribution in [-0.4, -0.2) is 19.6 Å². The Morgan fingerprint density at radius 2 is 2.17 bits per heavy atom. The van der Waals surface area contributed by atoms with Gasteiger partial charge in [-0.05, 0) is 12.8 Å². The van der Waals surface area contributed by atoms with Crippen LogP contribution in [0.5, 0.6) is 0 Å². The van der Waals surface area contributed by atoms with Gasteiger partial charge in [0.15, 0.2) is 0 Å². The fraction of sp³-hybridized carbons (Fsp3) is 0.538. The maximum atomic E-state index is 4.35. The Bertz CT molecular complexity index is 509. The summed E-state index contributed by atoms with van der Waals surface area (Å²) in [6, 6.07) is 2.04. The molecule has 2 aromatic heterocycles. The van der Waals surface area contributed by atoms with Gasteiger partial charge < -0.3 is 5.32 Å². The van der Waals surface area contributed by atoms with Crippen molar-refractivity contribution in [2.75, 3.05) is 5.32 Å². The van der Waals surface area contributed by atoms with Crippen molar-refractivity contribution in [2.24, 2.45) is 13.0 Å². The minimum absolute atomic E-state index is 0.616. The third-order valence-electron chi connectivity index (χ3n) is 2.71. The third-order valence-corrected chi connectivity index (χ3v) is 2.71. The van der Waals surface area contributed by atoms with Crippen molar-refractivity contribution < 1.29 is 0 Å². The van der Waals surface area contributed by atoms with Crippen molar-refractivity contribution >= 4 is 5.82 Å². The van der Waals surface area contributed by atoms with Crippen LogP contribution in [0.3, 0.4) is 0 Å². The second-order valence-electron chi connectivity index (χ2n) is 5.11. The minimum atomic E-state index is 0.616. The topological polar surface area (TPSA) is 47.7 Å². The van der Waals surface area contributed by atoms with Gasteiger partial charge in [0.1, 0.15) is 5.82 Å². The highest BCUT2D eigenvalue weighted by atomic mass is 15.3. The highest BCUT2D eigenvalue weighted by Crippen LogP contribution is 2.10. The summed E-state index contributed by atoms with van der Waals surface area (Å²) in [4.78, 5) is 0. The Morgan fingerprint density at radius 1 is 1.39 bits per heavy atom. The van der Waals surface area contributed by atoms with Gasteiger partial charge >= 0.3 is 0 Å². The number of nitrogens with zero attached hydrogens (tertiary/aromatic N) is 4. The van der Waals surface area contributed by atoms with Crippen LogP contribution >= 0.6 is 0 Å². The molecular weight excluding hydrogens is 226 g/mol. The van der Waals surface area contributed by atoms with Gasteiger partial charge in [-0.2, -0.15) is 10.2 Å². The molecule has 0 amide bonds. The molecule has 1 N–H and O–H groups in total. The molecule has 0 radical (unpaired) electrons. The Balaban J connectivity index is 1.94. The first-order valence-electron chi connectivity index (χ1n) is 6.30. The second-order valence-corrected chi connectivity index (χ2v) is 5.11. The van der Waals surface area contributed by atoms with Crippen LogP contribution in [0.25, 0.3) is 0 Å². The number of anilines is 1. The number of aryl methyl sites for hydroxylation is 2. The van der Waals surface area contributed by atoms with E-state index < -0.39 is 0 Å². The normalized spacial score (nSPS) is 11.2. The molecule has 5 heteroatoms. The average Bonchev–Trinajstić information content (AvgIpc) is 2.82. The predicted molar refractivity (Wildman–Crippen MR) is 72.3 cm³/mol. The summed E-state index contributed by atoms with van der Waals surface area (Å²) in [5.41, 5.74) is 2.21. The monoisotopic (exact) mass is 247 g/mol. The summed E-state index contributed by atoms with van der Waals surface area (Å²) in [7, 11) is 1.94. The number of rotatable bonds is 5. The molecule has 0 aliphatic carbocycles. The highest BCUT2D eigenvalue weighted by molar-refractivity contribution is 5.37. The Labute approximate surface area is 108 Å². The van der Waals surface area contributed by atoms with Crippen LogP contribution < -0.4 is 5.32 Å². The smallest absolute Gasteiger partial charge is 0.124 e. The summed E-state index contributed by atoms with van der Waals surface area (Å²) < 4.78 is 3.85. The lowest BCUT2D eigenvalue weighted by atomic mass is 10.2. The lowest BCUT2D eigenvalue weighted by Crippen LogP contribution is -2.05. The van der Waals surface area contributed by atoms with E-state index in [4.69, 9.17) is 0 Å². The van der Waals surface area contributed by atoms with Crippen molar-refractivity contribution in [1.82, 2.24) is 19.6 Å². The van der Waals surface area contributed by atoms with Gasteiger partial charge in [-0.3, -0.25) is 9.36 Å². The van der Waals surface area contributed by atoms with Gasteiger partial charge in [0.25, 0.3) is 0 Å². The van der Waals surface area contributed by atoms with Crippen LogP contribution in [0.2, 0.25) is 0 Å². The Kier molecular flexibility index (Phi) is 3.69. The molecule has 0 atom stereocenters. The third kappa shape index (κ3) is 3.12. The Morgan fingerprint density at radius 3 is 2.78 bits per heavy atom. The fourth-order valence-electron chi connectivity index (χ4n) is 1.94. The zero-order chi connectivity index (χ0) is 13.1. The molecule has 0 aliphatic rings.